The van der Waals surface area contributed by atoms with Gasteiger partial charge >= 0.3 is 5.97 Å². The van der Waals surface area contributed by atoms with Crippen molar-refractivity contribution in [3.05, 3.63) is 24.0 Å². The number of carbonyl (C=O) groups is 1. The van der Waals surface area contributed by atoms with E-state index < -0.39 is 11.5 Å². The zero-order valence-electron chi connectivity index (χ0n) is 9.55. The number of nitrogens with zero attached hydrogens (tertiary/aromatic N) is 1. The molecule has 1 aromatic heterocycles. The van der Waals surface area contributed by atoms with Crippen molar-refractivity contribution < 1.29 is 20.1 Å². The van der Waals surface area contributed by atoms with E-state index in [9.17, 15) is 15.0 Å². The lowest BCUT2D eigenvalue weighted by Crippen LogP contribution is -2.45. The van der Waals surface area contributed by atoms with Crippen molar-refractivity contribution in [2.45, 2.75) is 18.9 Å². The topological polar surface area (TPSA) is 103 Å². The van der Waals surface area contributed by atoms with E-state index in [0.717, 1.165) is 0 Å². The van der Waals surface area contributed by atoms with E-state index in [4.69, 9.17) is 5.11 Å². The lowest BCUT2D eigenvalue weighted by molar-refractivity contribution is 0.0696. The standard InChI is InChI=1S/C11H16N2O4/c1-2-11(6-14,7-15)13-9-3-4-12-5-8(9)10(16)17/h3-5,14-15H,2,6-7H2,1H3,(H,12,13)(H,16,17). The predicted octanol–water partition coefficient (Wildman–Crippen LogP) is 0.325. The first-order valence-corrected chi connectivity index (χ1v) is 5.26. The average molecular weight is 240 g/mol. The first-order chi connectivity index (χ1) is 8.08. The molecule has 0 atom stereocenters. The zero-order valence-corrected chi connectivity index (χ0v) is 9.55. The number of anilines is 1. The molecule has 0 aliphatic rings. The van der Waals surface area contributed by atoms with Crippen molar-refractivity contribution in [2.75, 3.05) is 18.5 Å². The van der Waals surface area contributed by atoms with E-state index >= 15 is 0 Å². The van der Waals surface area contributed by atoms with Crippen LogP contribution in [0.4, 0.5) is 5.69 Å². The molecule has 0 unspecified atom stereocenters. The summed E-state index contributed by atoms with van der Waals surface area (Å²) in [5.74, 6) is -1.11. The number of aromatic nitrogens is 1. The summed E-state index contributed by atoms with van der Waals surface area (Å²) >= 11 is 0. The number of aromatic carboxylic acids is 1. The maximum Gasteiger partial charge on any atom is 0.339 e. The summed E-state index contributed by atoms with van der Waals surface area (Å²) in [6.07, 6.45) is 3.13. The molecule has 0 saturated heterocycles. The summed E-state index contributed by atoms with van der Waals surface area (Å²) in [5.41, 5.74) is -0.587. The van der Waals surface area contributed by atoms with Crippen molar-refractivity contribution in [1.82, 2.24) is 4.98 Å². The maximum absolute atomic E-state index is 11.0. The monoisotopic (exact) mass is 240 g/mol. The number of aliphatic hydroxyl groups is 2. The van der Waals surface area contributed by atoms with Crippen molar-refractivity contribution in [2.24, 2.45) is 0 Å². The van der Waals surface area contributed by atoms with Crippen LogP contribution < -0.4 is 5.32 Å². The first-order valence-electron chi connectivity index (χ1n) is 5.26. The van der Waals surface area contributed by atoms with Crippen LogP contribution in [-0.4, -0.2) is 45.0 Å². The van der Waals surface area contributed by atoms with Gasteiger partial charge in [0.2, 0.25) is 0 Å². The largest absolute Gasteiger partial charge is 0.478 e. The molecule has 4 N–H and O–H groups in total. The molecule has 1 aromatic rings. The molecule has 6 nitrogen and oxygen atoms in total. The molecule has 0 aliphatic heterocycles. The van der Waals surface area contributed by atoms with Gasteiger partial charge in [0.25, 0.3) is 0 Å². The summed E-state index contributed by atoms with van der Waals surface area (Å²) in [6.45, 7) is 1.21. The lowest BCUT2D eigenvalue weighted by Gasteiger charge is -2.31. The minimum Gasteiger partial charge on any atom is -0.478 e. The second-order valence-corrected chi connectivity index (χ2v) is 3.80. The Hall–Kier alpha value is -1.66. The van der Waals surface area contributed by atoms with Gasteiger partial charge in [-0.3, -0.25) is 4.98 Å². The Bertz CT molecular complexity index is 383. The Morgan fingerprint density at radius 1 is 1.47 bits per heavy atom. The van der Waals surface area contributed by atoms with Crippen LogP contribution in [0.25, 0.3) is 0 Å². The van der Waals surface area contributed by atoms with Gasteiger partial charge < -0.3 is 20.6 Å². The lowest BCUT2D eigenvalue weighted by atomic mass is 9.97. The maximum atomic E-state index is 11.0. The highest BCUT2D eigenvalue weighted by Gasteiger charge is 2.27. The van der Waals surface area contributed by atoms with Gasteiger partial charge in [-0.15, -0.1) is 0 Å². The highest BCUT2D eigenvalue weighted by molar-refractivity contribution is 5.93. The Labute approximate surface area is 98.9 Å². The number of aliphatic hydroxyl groups excluding tert-OH is 2. The van der Waals surface area contributed by atoms with Crippen LogP contribution in [0.15, 0.2) is 18.5 Å². The summed E-state index contributed by atoms with van der Waals surface area (Å²) in [5, 5.41) is 30.4. The van der Waals surface area contributed by atoms with E-state index in [1.54, 1.807) is 6.92 Å². The number of rotatable bonds is 6. The van der Waals surface area contributed by atoms with Gasteiger partial charge in [-0.2, -0.15) is 0 Å². The number of pyridine rings is 1. The van der Waals surface area contributed by atoms with Gasteiger partial charge in [-0.25, -0.2) is 4.79 Å². The molecule has 17 heavy (non-hydrogen) atoms. The smallest absolute Gasteiger partial charge is 0.339 e. The number of nitrogens with one attached hydrogen (secondary N) is 1. The van der Waals surface area contributed by atoms with Gasteiger partial charge in [-0.05, 0) is 12.5 Å². The first kappa shape index (κ1) is 13.4. The zero-order chi connectivity index (χ0) is 12.9. The predicted molar refractivity (Wildman–Crippen MR) is 62.0 cm³/mol. The minimum absolute atomic E-state index is 0.00669. The number of carboxylic acids is 1. The van der Waals surface area contributed by atoms with Crippen LogP contribution in [0.2, 0.25) is 0 Å². The molecule has 6 heteroatoms. The molecule has 0 spiro atoms. The second-order valence-electron chi connectivity index (χ2n) is 3.80. The van der Waals surface area contributed by atoms with Crippen LogP contribution in [-0.2, 0) is 0 Å². The highest BCUT2D eigenvalue weighted by atomic mass is 16.4. The van der Waals surface area contributed by atoms with E-state index in [-0.39, 0.29) is 18.8 Å². The van der Waals surface area contributed by atoms with Crippen LogP contribution in [0.1, 0.15) is 23.7 Å². The van der Waals surface area contributed by atoms with E-state index in [0.29, 0.717) is 12.1 Å². The SMILES string of the molecule is CCC(CO)(CO)Nc1ccncc1C(=O)O. The summed E-state index contributed by atoms with van der Waals surface area (Å²) in [4.78, 5) is 14.7. The van der Waals surface area contributed by atoms with E-state index in [2.05, 4.69) is 10.3 Å². The third-order valence-electron chi connectivity index (χ3n) is 2.73. The van der Waals surface area contributed by atoms with Gasteiger partial charge in [0.1, 0.15) is 5.56 Å². The van der Waals surface area contributed by atoms with Gasteiger partial charge in [-0.1, -0.05) is 6.92 Å². The highest BCUT2D eigenvalue weighted by Crippen LogP contribution is 2.21. The Balaban J connectivity index is 3.05. The summed E-state index contributed by atoms with van der Waals surface area (Å²) in [7, 11) is 0. The molecule has 0 amide bonds. The van der Waals surface area contributed by atoms with E-state index in [1.807, 2.05) is 0 Å². The van der Waals surface area contributed by atoms with Crippen molar-refractivity contribution >= 4 is 11.7 Å². The molecular weight excluding hydrogens is 224 g/mol. The molecule has 94 valence electrons. The normalized spacial score (nSPS) is 11.2. The average Bonchev–Trinajstić information content (AvgIpc) is 2.36. The molecular formula is C11H16N2O4. The fourth-order valence-electron chi connectivity index (χ4n) is 1.40. The number of carboxylic acid groups (broad SMARTS) is 1. The molecule has 0 aliphatic carbocycles. The molecule has 0 saturated carbocycles. The van der Waals surface area contributed by atoms with Gasteiger partial charge in [0.05, 0.1) is 24.4 Å². The van der Waals surface area contributed by atoms with Gasteiger partial charge in [0, 0.05) is 12.4 Å². The minimum atomic E-state index is -1.11. The van der Waals surface area contributed by atoms with Crippen LogP contribution in [0.5, 0.6) is 0 Å². The van der Waals surface area contributed by atoms with Crippen molar-refractivity contribution in [1.29, 1.82) is 0 Å². The molecule has 0 bridgehead atoms. The molecule has 1 heterocycles. The molecule has 1 rings (SSSR count). The van der Waals surface area contributed by atoms with Crippen LogP contribution in [0.3, 0.4) is 0 Å². The fraction of sp³-hybridized carbons (Fsp3) is 0.455. The Morgan fingerprint density at radius 2 is 2.12 bits per heavy atom. The molecule has 0 radical (unpaired) electrons. The quantitative estimate of drug-likeness (QED) is 0.571. The van der Waals surface area contributed by atoms with Gasteiger partial charge in [0.15, 0.2) is 0 Å². The third-order valence-corrected chi connectivity index (χ3v) is 2.73. The summed E-state index contributed by atoms with van der Waals surface area (Å²) in [6, 6.07) is 1.50. The molecule has 0 fully saturated rings. The van der Waals surface area contributed by atoms with Crippen LogP contribution in [0, 0.1) is 0 Å². The Kier molecular flexibility index (Phi) is 4.42. The van der Waals surface area contributed by atoms with Crippen LogP contribution >= 0.6 is 0 Å². The summed E-state index contributed by atoms with van der Waals surface area (Å²) < 4.78 is 0. The van der Waals surface area contributed by atoms with Crippen molar-refractivity contribution in [3.8, 4) is 0 Å². The third kappa shape index (κ3) is 2.92. The number of hydrogen-bond acceptors (Lipinski definition) is 5. The fourth-order valence-corrected chi connectivity index (χ4v) is 1.40. The molecule has 0 aromatic carbocycles. The Morgan fingerprint density at radius 3 is 2.59 bits per heavy atom. The second kappa shape index (κ2) is 5.60. The van der Waals surface area contributed by atoms with Crippen molar-refractivity contribution in [3.63, 3.8) is 0 Å². The number of hydrogen-bond donors (Lipinski definition) is 4. The van der Waals surface area contributed by atoms with E-state index in [1.165, 1.54) is 18.5 Å².